The fraction of sp³-hybridized carbons (Fsp3) is 0.846. The lowest BCUT2D eigenvalue weighted by molar-refractivity contribution is -0.171. The Morgan fingerprint density at radius 2 is 1.78 bits per heavy atom. The summed E-state index contributed by atoms with van der Waals surface area (Å²) in [6.07, 6.45) is 5.64. The quantitative estimate of drug-likeness (QED) is 0.839. The van der Waals surface area contributed by atoms with Gasteiger partial charge in [0.2, 0.25) is 0 Å². The van der Waals surface area contributed by atoms with Gasteiger partial charge in [-0.05, 0) is 33.6 Å². The van der Waals surface area contributed by atoms with Crippen molar-refractivity contribution < 1.29 is 13.7 Å². The van der Waals surface area contributed by atoms with Crippen molar-refractivity contribution in [2.24, 2.45) is 0 Å². The fourth-order valence-corrected chi connectivity index (χ4v) is 2.82. The van der Waals surface area contributed by atoms with E-state index in [1.807, 2.05) is 27.0 Å². The molecule has 4 nitrogen and oxygen atoms in total. The Bertz CT molecular complexity index is 342. The summed E-state index contributed by atoms with van der Waals surface area (Å²) < 4.78 is 26.0. The molecule has 0 amide bonds. The van der Waals surface area contributed by atoms with Crippen LogP contribution in [-0.2, 0) is 20.5 Å². The van der Waals surface area contributed by atoms with Gasteiger partial charge in [0.05, 0.1) is 18.0 Å². The first-order chi connectivity index (χ1) is 8.41. The normalized spacial score (nSPS) is 25.2. The molecule has 0 aromatic carbocycles. The van der Waals surface area contributed by atoms with Gasteiger partial charge < -0.3 is 14.2 Å². The first-order valence-corrected chi connectivity index (χ1v) is 7.70. The molecule has 1 atom stereocenters. The summed E-state index contributed by atoms with van der Waals surface area (Å²) in [7, 11) is -1.04. The van der Waals surface area contributed by atoms with E-state index in [1.165, 1.54) is 5.57 Å². The van der Waals surface area contributed by atoms with Crippen LogP contribution in [0.25, 0.3) is 0 Å². The van der Waals surface area contributed by atoms with E-state index in [9.17, 15) is 4.21 Å². The minimum Gasteiger partial charge on any atom is -0.348 e. The van der Waals surface area contributed by atoms with Crippen molar-refractivity contribution in [3.8, 4) is 0 Å². The summed E-state index contributed by atoms with van der Waals surface area (Å²) in [6, 6.07) is 0. The average molecular weight is 273 g/mol. The van der Waals surface area contributed by atoms with Gasteiger partial charge in [0.1, 0.15) is 11.0 Å². The Hall–Kier alpha value is -0.390. The van der Waals surface area contributed by atoms with E-state index in [0.29, 0.717) is 13.2 Å². The lowest BCUT2D eigenvalue weighted by Gasteiger charge is -2.32. The maximum Gasteiger partial charge on any atom is 0.169 e. The highest BCUT2D eigenvalue weighted by atomic mass is 32.2. The van der Waals surface area contributed by atoms with E-state index in [0.717, 1.165) is 25.7 Å². The van der Waals surface area contributed by atoms with Crippen LogP contribution in [0.4, 0.5) is 0 Å². The molecule has 1 spiro atoms. The minimum atomic E-state index is -1.04. The van der Waals surface area contributed by atoms with Crippen molar-refractivity contribution in [3.63, 3.8) is 0 Å². The predicted octanol–water partition coefficient (Wildman–Crippen LogP) is 2.24. The zero-order valence-electron chi connectivity index (χ0n) is 11.5. The van der Waals surface area contributed by atoms with Crippen molar-refractivity contribution in [1.29, 1.82) is 0 Å². The molecule has 2 aliphatic rings. The summed E-state index contributed by atoms with van der Waals surface area (Å²) in [4.78, 5) is 0. The molecule has 2 rings (SSSR count). The van der Waals surface area contributed by atoms with E-state index < -0.39 is 11.0 Å². The van der Waals surface area contributed by atoms with Crippen LogP contribution in [0, 0.1) is 0 Å². The maximum atomic E-state index is 11.9. The average Bonchev–Trinajstić information content (AvgIpc) is 2.75. The largest absolute Gasteiger partial charge is 0.348 e. The second-order valence-electron chi connectivity index (χ2n) is 5.91. The van der Waals surface area contributed by atoms with Gasteiger partial charge in [-0.15, -0.1) is 0 Å². The van der Waals surface area contributed by atoms with Crippen LogP contribution in [0.2, 0.25) is 0 Å². The molecular weight excluding hydrogens is 250 g/mol. The van der Waals surface area contributed by atoms with Gasteiger partial charge in [0, 0.05) is 19.0 Å². The second kappa shape index (κ2) is 5.31. The van der Waals surface area contributed by atoms with Crippen molar-refractivity contribution in [2.45, 2.75) is 57.0 Å². The number of rotatable bonds is 2. The summed E-state index contributed by atoms with van der Waals surface area (Å²) in [6.45, 7) is 7.32. The maximum absolute atomic E-state index is 11.9. The summed E-state index contributed by atoms with van der Waals surface area (Å²) in [5, 5.41) is 0. The highest BCUT2D eigenvalue weighted by molar-refractivity contribution is 7.84. The second-order valence-corrected chi connectivity index (χ2v) is 7.91. The van der Waals surface area contributed by atoms with Crippen molar-refractivity contribution >= 4 is 11.0 Å². The monoisotopic (exact) mass is 273 g/mol. The summed E-state index contributed by atoms with van der Waals surface area (Å²) >= 11 is 0. The van der Waals surface area contributed by atoms with Crippen molar-refractivity contribution in [1.82, 2.24) is 4.72 Å². The lowest BCUT2D eigenvalue weighted by Crippen LogP contribution is -2.34. The molecule has 0 aromatic rings. The Labute approximate surface area is 112 Å². The molecule has 1 aliphatic carbocycles. The first kappa shape index (κ1) is 14.0. The van der Waals surface area contributed by atoms with Crippen LogP contribution in [0.15, 0.2) is 11.8 Å². The molecule has 0 radical (unpaired) electrons. The van der Waals surface area contributed by atoms with Gasteiger partial charge in [-0.25, -0.2) is 4.21 Å². The molecule has 1 unspecified atom stereocenters. The van der Waals surface area contributed by atoms with Crippen molar-refractivity contribution in [2.75, 3.05) is 13.2 Å². The SMILES string of the molecule is CC(C)(C)S(=O)NC=C1CCC2(CC1)OCCO2. The molecule has 0 bridgehead atoms. The molecule has 1 saturated heterocycles. The molecule has 18 heavy (non-hydrogen) atoms. The van der Waals surface area contributed by atoms with Crippen LogP contribution >= 0.6 is 0 Å². The lowest BCUT2D eigenvalue weighted by atomic mass is 9.90. The zero-order chi connectivity index (χ0) is 13.2. The Kier molecular flexibility index (Phi) is 4.14. The summed E-state index contributed by atoms with van der Waals surface area (Å²) in [5.74, 6) is -0.319. The molecule has 5 heteroatoms. The summed E-state index contributed by atoms with van der Waals surface area (Å²) in [5.41, 5.74) is 1.30. The van der Waals surface area contributed by atoms with Crippen LogP contribution < -0.4 is 4.72 Å². The third-order valence-electron chi connectivity index (χ3n) is 3.39. The standard InChI is InChI=1S/C13H23NO3S/c1-12(2,3)18(15)14-10-11-4-6-13(7-5-11)16-8-9-17-13/h10,14H,4-9H2,1-3H3. The highest BCUT2D eigenvalue weighted by Crippen LogP contribution is 2.37. The molecule has 2 fully saturated rings. The third kappa shape index (κ3) is 3.33. The van der Waals surface area contributed by atoms with Gasteiger partial charge in [-0.1, -0.05) is 5.57 Å². The van der Waals surface area contributed by atoms with E-state index in [2.05, 4.69) is 4.72 Å². The Morgan fingerprint density at radius 1 is 1.22 bits per heavy atom. The number of ether oxygens (including phenoxy) is 2. The van der Waals surface area contributed by atoms with Gasteiger partial charge in [0.15, 0.2) is 5.79 Å². The first-order valence-electron chi connectivity index (χ1n) is 6.55. The molecule has 0 aromatic heterocycles. The van der Waals surface area contributed by atoms with Gasteiger partial charge in [-0.2, -0.15) is 0 Å². The number of hydrogen-bond acceptors (Lipinski definition) is 3. The molecule has 1 heterocycles. The van der Waals surface area contributed by atoms with Crippen LogP contribution in [0.3, 0.4) is 0 Å². The zero-order valence-corrected chi connectivity index (χ0v) is 12.3. The Balaban J connectivity index is 1.84. The van der Waals surface area contributed by atoms with Crippen LogP contribution in [0.5, 0.6) is 0 Å². The molecular formula is C13H23NO3S. The smallest absolute Gasteiger partial charge is 0.169 e. The van der Waals surface area contributed by atoms with Crippen LogP contribution in [0.1, 0.15) is 46.5 Å². The van der Waals surface area contributed by atoms with E-state index >= 15 is 0 Å². The van der Waals surface area contributed by atoms with Crippen molar-refractivity contribution in [3.05, 3.63) is 11.8 Å². The predicted molar refractivity (Wildman–Crippen MR) is 72.2 cm³/mol. The topological polar surface area (TPSA) is 47.6 Å². The van der Waals surface area contributed by atoms with Gasteiger partial charge in [0.25, 0.3) is 0 Å². The molecule has 1 saturated carbocycles. The molecule has 1 aliphatic heterocycles. The third-order valence-corrected chi connectivity index (χ3v) is 4.84. The van der Waals surface area contributed by atoms with E-state index in [4.69, 9.17) is 9.47 Å². The van der Waals surface area contributed by atoms with E-state index in [1.54, 1.807) is 0 Å². The van der Waals surface area contributed by atoms with E-state index in [-0.39, 0.29) is 10.5 Å². The minimum absolute atomic E-state index is 0.232. The highest BCUT2D eigenvalue weighted by Gasteiger charge is 2.38. The van der Waals surface area contributed by atoms with Gasteiger partial charge >= 0.3 is 0 Å². The Morgan fingerprint density at radius 3 is 2.28 bits per heavy atom. The number of nitrogens with one attached hydrogen (secondary N) is 1. The fourth-order valence-electron chi connectivity index (χ4n) is 2.20. The van der Waals surface area contributed by atoms with Gasteiger partial charge in [-0.3, -0.25) is 0 Å². The molecule has 104 valence electrons. The number of hydrogen-bond donors (Lipinski definition) is 1. The molecule has 1 N–H and O–H groups in total. The van der Waals surface area contributed by atoms with Crippen LogP contribution in [-0.4, -0.2) is 28.0 Å². The number of allylic oxidation sites excluding steroid dienone is 1.